The summed E-state index contributed by atoms with van der Waals surface area (Å²) in [5.41, 5.74) is 6.20. The second-order valence-electron chi connectivity index (χ2n) is 6.26. The highest BCUT2D eigenvalue weighted by Crippen LogP contribution is 2.28. The molecule has 0 radical (unpaired) electrons. The number of Topliss-reactive ketones (excluding diaryl/α,β-unsaturated/α-hetero) is 1. The number of carbonyl (C=O) groups excluding carboxylic acids is 2. The molecule has 2 fully saturated rings. The monoisotopic (exact) mass is 281 g/mol. The minimum Gasteiger partial charge on any atom is -0.330 e. The van der Waals surface area contributed by atoms with Gasteiger partial charge in [0, 0.05) is 12.6 Å². The molecule has 1 saturated heterocycles. The summed E-state index contributed by atoms with van der Waals surface area (Å²) in [4.78, 5) is 26.1. The van der Waals surface area contributed by atoms with Gasteiger partial charge in [-0.25, -0.2) is 0 Å². The van der Waals surface area contributed by atoms with E-state index in [0.717, 1.165) is 12.8 Å². The predicted octanol–water partition coefficient (Wildman–Crippen LogP) is 0.672. The molecule has 20 heavy (non-hydrogen) atoms. The lowest BCUT2D eigenvalue weighted by atomic mass is 9.83. The van der Waals surface area contributed by atoms with Crippen molar-refractivity contribution in [2.45, 2.75) is 63.6 Å². The summed E-state index contributed by atoms with van der Waals surface area (Å²) in [6.07, 6.45) is 6.37. The summed E-state index contributed by atoms with van der Waals surface area (Å²) in [7, 11) is 1.87. The van der Waals surface area contributed by atoms with Gasteiger partial charge in [0.05, 0.1) is 12.1 Å². The van der Waals surface area contributed by atoms with Crippen LogP contribution in [0.3, 0.4) is 0 Å². The molecule has 2 aliphatic rings. The molecule has 0 spiro atoms. The minimum absolute atomic E-state index is 0.0325. The van der Waals surface area contributed by atoms with Crippen LogP contribution in [0.4, 0.5) is 0 Å². The van der Waals surface area contributed by atoms with Crippen molar-refractivity contribution in [3.05, 3.63) is 0 Å². The molecule has 1 heterocycles. The molecule has 2 rings (SSSR count). The number of likely N-dealkylation sites (N-methyl/N-ethyl adjacent to an activating group) is 1. The first-order valence-electron chi connectivity index (χ1n) is 7.78. The average molecular weight is 281 g/mol. The van der Waals surface area contributed by atoms with E-state index >= 15 is 0 Å². The molecule has 1 aliphatic carbocycles. The van der Waals surface area contributed by atoms with Crippen molar-refractivity contribution in [1.82, 2.24) is 10.2 Å². The third-order valence-corrected chi connectivity index (χ3v) is 4.90. The van der Waals surface area contributed by atoms with Crippen molar-refractivity contribution in [3.8, 4) is 0 Å². The van der Waals surface area contributed by atoms with Crippen LogP contribution in [0.1, 0.15) is 45.4 Å². The molecule has 0 aromatic heterocycles. The first-order valence-corrected chi connectivity index (χ1v) is 7.78. The van der Waals surface area contributed by atoms with Crippen molar-refractivity contribution < 1.29 is 9.59 Å². The van der Waals surface area contributed by atoms with Crippen LogP contribution in [-0.4, -0.2) is 48.3 Å². The van der Waals surface area contributed by atoms with E-state index in [4.69, 9.17) is 5.73 Å². The zero-order valence-corrected chi connectivity index (χ0v) is 12.6. The average Bonchev–Trinajstić information content (AvgIpc) is 2.91. The van der Waals surface area contributed by atoms with Gasteiger partial charge < -0.3 is 16.0 Å². The van der Waals surface area contributed by atoms with Crippen LogP contribution in [0.25, 0.3) is 0 Å². The van der Waals surface area contributed by atoms with Gasteiger partial charge in [-0.1, -0.05) is 19.3 Å². The van der Waals surface area contributed by atoms with E-state index in [1.807, 2.05) is 7.05 Å². The topological polar surface area (TPSA) is 75.4 Å². The van der Waals surface area contributed by atoms with Gasteiger partial charge in [-0.15, -0.1) is 0 Å². The second kappa shape index (κ2) is 6.68. The lowest BCUT2D eigenvalue weighted by Crippen LogP contribution is -2.51. The van der Waals surface area contributed by atoms with Crippen molar-refractivity contribution in [2.75, 3.05) is 13.6 Å². The molecule has 3 unspecified atom stereocenters. The minimum atomic E-state index is -0.437. The number of nitrogens with zero attached hydrogens (tertiary/aromatic N) is 1. The van der Waals surface area contributed by atoms with Crippen molar-refractivity contribution in [3.63, 3.8) is 0 Å². The van der Waals surface area contributed by atoms with Crippen molar-refractivity contribution in [2.24, 2.45) is 11.7 Å². The van der Waals surface area contributed by atoms with Crippen molar-refractivity contribution >= 4 is 11.7 Å². The van der Waals surface area contributed by atoms with Gasteiger partial charge in [0.2, 0.25) is 5.91 Å². The Bertz CT molecular complexity index is 366. The van der Waals surface area contributed by atoms with Crippen LogP contribution in [0.15, 0.2) is 0 Å². The molecule has 0 bridgehead atoms. The maximum atomic E-state index is 12.6. The Morgan fingerprint density at radius 3 is 2.45 bits per heavy atom. The molecule has 5 heteroatoms. The highest BCUT2D eigenvalue weighted by Gasteiger charge is 2.40. The van der Waals surface area contributed by atoms with E-state index in [1.54, 1.807) is 11.8 Å². The summed E-state index contributed by atoms with van der Waals surface area (Å²) in [5, 5.41) is 3.17. The lowest BCUT2D eigenvalue weighted by molar-refractivity contribution is -0.139. The Kier molecular flexibility index (Phi) is 5.16. The van der Waals surface area contributed by atoms with Gasteiger partial charge in [0.15, 0.2) is 5.78 Å². The highest BCUT2D eigenvalue weighted by molar-refractivity contribution is 5.90. The molecule has 0 aromatic rings. The van der Waals surface area contributed by atoms with E-state index in [2.05, 4.69) is 5.32 Å². The SMILES string of the molecule is CNC1CC(C(C)=O)N(C(=O)C(N)C2CCCCC2)C1. The Morgan fingerprint density at radius 2 is 1.90 bits per heavy atom. The van der Waals surface area contributed by atoms with Gasteiger partial charge in [0.1, 0.15) is 0 Å². The second-order valence-corrected chi connectivity index (χ2v) is 6.26. The van der Waals surface area contributed by atoms with Crippen LogP contribution in [0.2, 0.25) is 0 Å². The fourth-order valence-corrected chi connectivity index (χ4v) is 3.56. The summed E-state index contributed by atoms with van der Waals surface area (Å²) in [6.45, 7) is 2.16. The third-order valence-electron chi connectivity index (χ3n) is 4.90. The molecular weight excluding hydrogens is 254 g/mol. The summed E-state index contributed by atoms with van der Waals surface area (Å²) in [6, 6.07) is -0.534. The van der Waals surface area contributed by atoms with Gasteiger partial charge in [-0.2, -0.15) is 0 Å². The van der Waals surface area contributed by atoms with E-state index in [1.165, 1.54) is 19.3 Å². The van der Waals surface area contributed by atoms with E-state index in [9.17, 15) is 9.59 Å². The molecule has 1 amide bonds. The van der Waals surface area contributed by atoms with Crippen LogP contribution in [-0.2, 0) is 9.59 Å². The van der Waals surface area contributed by atoms with E-state index in [0.29, 0.717) is 13.0 Å². The maximum Gasteiger partial charge on any atom is 0.240 e. The summed E-state index contributed by atoms with van der Waals surface area (Å²) < 4.78 is 0. The number of likely N-dealkylation sites (tertiary alicyclic amines) is 1. The zero-order valence-electron chi connectivity index (χ0n) is 12.6. The van der Waals surface area contributed by atoms with Crippen LogP contribution in [0, 0.1) is 5.92 Å². The zero-order chi connectivity index (χ0) is 14.7. The highest BCUT2D eigenvalue weighted by atomic mass is 16.2. The van der Waals surface area contributed by atoms with E-state index in [-0.39, 0.29) is 29.7 Å². The van der Waals surface area contributed by atoms with Gasteiger partial charge in [-0.3, -0.25) is 9.59 Å². The number of amides is 1. The number of hydrogen-bond acceptors (Lipinski definition) is 4. The van der Waals surface area contributed by atoms with Gasteiger partial charge in [-0.05, 0) is 39.2 Å². The van der Waals surface area contributed by atoms with Gasteiger partial charge in [0.25, 0.3) is 0 Å². The smallest absolute Gasteiger partial charge is 0.240 e. The Labute approximate surface area is 121 Å². The largest absolute Gasteiger partial charge is 0.330 e. The number of carbonyl (C=O) groups is 2. The molecule has 3 N–H and O–H groups in total. The maximum absolute atomic E-state index is 12.6. The standard InChI is InChI=1S/C15H27N3O2/c1-10(19)13-8-12(17-2)9-18(13)15(20)14(16)11-6-4-3-5-7-11/h11-14,17H,3-9,16H2,1-2H3. The molecule has 1 aliphatic heterocycles. The van der Waals surface area contributed by atoms with E-state index < -0.39 is 6.04 Å². The molecule has 1 saturated carbocycles. The fraction of sp³-hybridized carbons (Fsp3) is 0.867. The molecule has 5 nitrogen and oxygen atoms in total. The predicted molar refractivity (Wildman–Crippen MR) is 78.2 cm³/mol. The summed E-state index contributed by atoms with van der Waals surface area (Å²) in [5.74, 6) is 0.319. The van der Waals surface area contributed by atoms with Crippen LogP contribution >= 0.6 is 0 Å². The number of ketones is 1. The third kappa shape index (κ3) is 3.20. The molecule has 3 atom stereocenters. The Hall–Kier alpha value is -0.940. The first-order chi connectivity index (χ1) is 9.54. The summed E-state index contributed by atoms with van der Waals surface area (Å²) >= 11 is 0. The van der Waals surface area contributed by atoms with Crippen LogP contribution < -0.4 is 11.1 Å². The number of nitrogens with two attached hydrogens (primary N) is 1. The molecule has 114 valence electrons. The number of rotatable bonds is 4. The molecular formula is C15H27N3O2. The fourth-order valence-electron chi connectivity index (χ4n) is 3.56. The number of hydrogen-bond donors (Lipinski definition) is 2. The number of nitrogens with one attached hydrogen (secondary N) is 1. The van der Waals surface area contributed by atoms with Crippen molar-refractivity contribution in [1.29, 1.82) is 0 Å². The Balaban J connectivity index is 2.03. The quantitative estimate of drug-likeness (QED) is 0.794. The lowest BCUT2D eigenvalue weighted by Gasteiger charge is -2.31. The van der Waals surface area contributed by atoms with Gasteiger partial charge >= 0.3 is 0 Å². The first kappa shape index (κ1) is 15.4. The molecule has 0 aromatic carbocycles. The Morgan fingerprint density at radius 1 is 1.25 bits per heavy atom. The normalized spacial score (nSPS) is 29.4. The van der Waals surface area contributed by atoms with Crippen LogP contribution in [0.5, 0.6) is 0 Å².